The van der Waals surface area contributed by atoms with Gasteiger partial charge >= 0.3 is 0 Å². The highest BCUT2D eigenvalue weighted by molar-refractivity contribution is 5.78. The molecule has 1 heterocycles. The Kier molecular flexibility index (Phi) is 3.82. The minimum absolute atomic E-state index is 0.126. The fourth-order valence-corrected chi connectivity index (χ4v) is 2.76. The second-order valence-electron chi connectivity index (χ2n) is 6.36. The normalized spacial score (nSPS) is 24.1. The smallest absolute Gasteiger partial charge is 0.222 e. The van der Waals surface area contributed by atoms with Crippen molar-refractivity contribution in [2.75, 3.05) is 13.1 Å². The first-order valence-corrected chi connectivity index (χ1v) is 6.69. The van der Waals surface area contributed by atoms with Crippen molar-refractivity contribution >= 4 is 5.91 Å². The van der Waals surface area contributed by atoms with E-state index in [9.17, 15) is 13.6 Å². The van der Waals surface area contributed by atoms with Crippen LogP contribution >= 0.6 is 0 Å². The van der Waals surface area contributed by atoms with Gasteiger partial charge in [0, 0.05) is 30.6 Å². The fraction of sp³-hybridized carbons (Fsp3) is 0.533. The van der Waals surface area contributed by atoms with Crippen LogP contribution in [0, 0.1) is 17.6 Å². The topological polar surface area (TPSA) is 46.3 Å². The van der Waals surface area contributed by atoms with Gasteiger partial charge in [0.15, 0.2) is 0 Å². The molecular weight excluding hydrogens is 262 g/mol. The van der Waals surface area contributed by atoms with Gasteiger partial charge in [0.2, 0.25) is 5.91 Å². The summed E-state index contributed by atoms with van der Waals surface area (Å²) in [5.74, 6) is -2.45. The number of likely N-dealkylation sites (tertiary alicyclic amines) is 1. The molecule has 1 amide bonds. The molecule has 1 aromatic carbocycles. The van der Waals surface area contributed by atoms with Crippen molar-refractivity contribution in [3.63, 3.8) is 0 Å². The quantitative estimate of drug-likeness (QED) is 0.904. The van der Waals surface area contributed by atoms with E-state index in [4.69, 9.17) is 5.73 Å². The van der Waals surface area contributed by atoms with Crippen LogP contribution in [-0.2, 0) is 4.79 Å². The Morgan fingerprint density at radius 2 is 1.95 bits per heavy atom. The largest absolute Gasteiger partial charge is 0.369 e. The molecule has 0 unspecified atom stereocenters. The van der Waals surface area contributed by atoms with E-state index in [0.29, 0.717) is 18.7 Å². The van der Waals surface area contributed by atoms with E-state index in [1.165, 1.54) is 12.1 Å². The highest BCUT2D eigenvalue weighted by Crippen LogP contribution is 2.37. The molecule has 0 spiro atoms. The summed E-state index contributed by atoms with van der Waals surface area (Å²) in [5.41, 5.74) is 5.69. The minimum Gasteiger partial charge on any atom is -0.369 e. The second kappa shape index (κ2) is 5.13. The van der Waals surface area contributed by atoms with Gasteiger partial charge in [-0.3, -0.25) is 9.69 Å². The van der Waals surface area contributed by atoms with Crippen LogP contribution in [0.2, 0.25) is 0 Å². The number of rotatable bonds is 2. The molecule has 1 fully saturated rings. The van der Waals surface area contributed by atoms with E-state index in [2.05, 4.69) is 4.90 Å². The van der Waals surface area contributed by atoms with Crippen molar-refractivity contribution in [2.24, 2.45) is 11.7 Å². The van der Waals surface area contributed by atoms with E-state index in [0.717, 1.165) is 6.07 Å². The van der Waals surface area contributed by atoms with Crippen LogP contribution in [0.5, 0.6) is 0 Å². The Bertz CT molecular complexity index is 525. The zero-order chi connectivity index (χ0) is 15.1. The number of amides is 1. The SMILES string of the molecule is CC(C)(C)N1C[C@@H](C(N)=O)[C@H](c2ccc(F)cc2F)C1. The number of nitrogens with two attached hydrogens (primary N) is 1. The van der Waals surface area contributed by atoms with Crippen LogP contribution in [0.3, 0.4) is 0 Å². The van der Waals surface area contributed by atoms with Crippen LogP contribution in [-0.4, -0.2) is 29.4 Å². The Hall–Kier alpha value is -1.49. The van der Waals surface area contributed by atoms with Gasteiger partial charge in [0.05, 0.1) is 5.92 Å². The van der Waals surface area contributed by atoms with E-state index < -0.39 is 23.5 Å². The van der Waals surface area contributed by atoms with Crippen molar-refractivity contribution in [1.29, 1.82) is 0 Å². The predicted octanol–water partition coefficient (Wildman–Crippen LogP) is 2.26. The molecular formula is C15H20F2N2O. The summed E-state index contributed by atoms with van der Waals surface area (Å²) in [7, 11) is 0. The van der Waals surface area contributed by atoms with Gasteiger partial charge in [-0.1, -0.05) is 6.07 Å². The molecule has 5 heteroatoms. The number of nitrogens with zero attached hydrogens (tertiary/aromatic N) is 1. The van der Waals surface area contributed by atoms with Crippen molar-refractivity contribution in [1.82, 2.24) is 4.90 Å². The lowest BCUT2D eigenvalue weighted by Crippen LogP contribution is -2.40. The summed E-state index contributed by atoms with van der Waals surface area (Å²) in [6.45, 7) is 7.15. The maximum Gasteiger partial charge on any atom is 0.222 e. The average molecular weight is 282 g/mol. The third kappa shape index (κ3) is 2.82. The first kappa shape index (κ1) is 14.9. The second-order valence-corrected chi connectivity index (χ2v) is 6.36. The van der Waals surface area contributed by atoms with Gasteiger partial charge in [0.1, 0.15) is 11.6 Å². The molecule has 0 radical (unpaired) electrons. The first-order chi connectivity index (χ1) is 9.20. The van der Waals surface area contributed by atoms with Crippen LogP contribution in [0.15, 0.2) is 18.2 Å². The van der Waals surface area contributed by atoms with Crippen molar-refractivity contribution in [3.05, 3.63) is 35.4 Å². The highest BCUT2D eigenvalue weighted by Gasteiger charge is 2.42. The lowest BCUT2D eigenvalue weighted by Gasteiger charge is -2.31. The summed E-state index contributed by atoms with van der Waals surface area (Å²) in [6.07, 6.45) is 0. The number of primary amides is 1. The van der Waals surface area contributed by atoms with E-state index in [1.54, 1.807) is 0 Å². The van der Waals surface area contributed by atoms with Crippen LogP contribution < -0.4 is 5.73 Å². The lowest BCUT2D eigenvalue weighted by atomic mass is 9.88. The number of hydrogen-bond donors (Lipinski definition) is 1. The molecule has 3 nitrogen and oxygen atoms in total. The molecule has 20 heavy (non-hydrogen) atoms. The summed E-state index contributed by atoms with van der Waals surface area (Å²) in [6, 6.07) is 3.49. The lowest BCUT2D eigenvalue weighted by molar-refractivity contribution is -0.121. The van der Waals surface area contributed by atoms with E-state index >= 15 is 0 Å². The standard InChI is InChI=1S/C15H20F2N2O/c1-15(2,3)19-7-11(12(8-19)14(18)20)10-5-4-9(16)6-13(10)17/h4-6,11-12H,7-8H2,1-3H3,(H2,18,20)/t11-,12+/m0/s1. The molecule has 1 saturated heterocycles. The molecule has 0 saturated carbocycles. The van der Waals surface area contributed by atoms with Gasteiger partial charge in [-0.15, -0.1) is 0 Å². The predicted molar refractivity (Wildman–Crippen MR) is 73.1 cm³/mol. The maximum atomic E-state index is 14.0. The first-order valence-electron chi connectivity index (χ1n) is 6.69. The van der Waals surface area contributed by atoms with Crippen LogP contribution in [0.4, 0.5) is 8.78 Å². The maximum absolute atomic E-state index is 14.0. The summed E-state index contributed by atoms with van der Waals surface area (Å²) >= 11 is 0. The number of carbonyl (C=O) groups excluding carboxylic acids is 1. The molecule has 2 N–H and O–H groups in total. The van der Waals surface area contributed by atoms with Gasteiger partial charge in [0.25, 0.3) is 0 Å². The molecule has 0 aromatic heterocycles. The third-order valence-electron chi connectivity index (χ3n) is 4.00. The summed E-state index contributed by atoms with van der Waals surface area (Å²) in [5, 5.41) is 0. The molecule has 1 aromatic rings. The van der Waals surface area contributed by atoms with Crippen LogP contribution in [0.25, 0.3) is 0 Å². The number of hydrogen-bond acceptors (Lipinski definition) is 2. The zero-order valence-electron chi connectivity index (χ0n) is 12.0. The summed E-state index contributed by atoms with van der Waals surface area (Å²) < 4.78 is 27.0. The molecule has 0 bridgehead atoms. The van der Waals surface area contributed by atoms with Crippen molar-refractivity contribution < 1.29 is 13.6 Å². The molecule has 2 rings (SSSR count). The Morgan fingerprint density at radius 1 is 1.30 bits per heavy atom. The molecule has 110 valence electrons. The van der Waals surface area contributed by atoms with Gasteiger partial charge in [-0.25, -0.2) is 8.78 Å². The number of halogens is 2. The third-order valence-corrected chi connectivity index (χ3v) is 4.00. The Morgan fingerprint density at radius 3 is 2.45 bits per heavy atom. The fourth-order valence-electron chi connectivity index (χ4n) is 2.76. The monoisotopic (exact) mass is 282 g/mol. The van der Waals surface area contributed by atoms with Crippen molar-refractivity contribution in [3.8, 4) is 0 Å². The van der Waals surface area contributed by atoms with E-state index in [1.807, 2.05) is 20.8 Å². The van der Waals surface area contributed by atoms with Gasteiger partial charge < -0.3 is 5.73 Å². The van der Waals surface area contributed by atoms with E-state index in [-0.39, 0.29) is 11.5 Å². The average Bonchev–Trinajstić information content (AvgIpc) is 2.73. The van der Waals surface area contributed by atoms with Gasteiger partial charge in [-0.05, 0) is 32.4 Å². The highest BCUT2D eigenvalue weighted by atomic mass is 19.1. The molecule has 1 aliphatic rings. The molecule has 0 aliphatic carbocycles. The zero-order valence-corrected chi connectivity index (χ0v) is 12.0. The van der Waals surface area contributed by atoms with Gasteiger partial charge in [-0.2, -0.15) is 0 Å². The summed E-state index contributed by atoms with van der Waals surface area (Å²) in [4.78, 5) is 13.7. The van der Waals surface area contributed by atoms with Crippen LogP contribution in [0.1, 0.15) is 32.3 Å². The number of carbonyl (C=O) groups is 1. The Balaban J connectivity index is 2.35. The molecule has 1 aliphatic heterocycles. The Labute approximate surface area is 117 Å². The number of benzene rings is 1. The molecule has 2 atom stereocenters. The minimum atomic E-state index is -0.618. The van der Waals surface area contributed by atoms with Crippen molar-refractivity contribution in [2.45, 2.75) is 32.2 Å².